The maximum absolute atomic E-state index is 12.8. The Hall–Kier alpha value is -2.73. The van der Waals surface area contributed by atoms with Crippen LogP contribution in [-0.2, 0) is 0 Å². The number of nitrogens with zero attached hydrogens (tertiary/aromatic N) is 4. The largest absolute Gasteiger partial charge is 0.352 e. The Labute approximate surface area is 184 Å². The number of fused-ring (bicyclic) bond motifs is 1. The van der Waals surface area contributed by atoms with E-state index in [1.54, 1.807) is 10.7 Å². The zero-order valence-electron chi connectivity index (χ0n) is 18.9. The van der Waals surface area contributed by atoms with Crippen LogP contribution >= 0.6 is 0 Å². The van der Waals surface area contributed by atoms with Gasteiger partial charge >= 0.3 is 0 Å². The summed E-state index contributed by atoms with van der Waals surface area (Å²) in [5, 5.41) is 7.74. The van der Waals surface area contributed by atoms with Crippen molar-refractivity contribution in [1.29, 1.82) is 0 Å². The molecule has 2 heterocycles. The van der Waals surface area contributed by atoms with Gasteiger partial charge in [-0.2, -0.15) is 5.10 Å². The molecular weight excluding hydrogens is 386 g/mol. The molecule has 2 aromatic heterocycles. The number of benzene rings is 1. The summed E-state index contributed by atoms with van der Waals surface area (Å²) >= 11 is 0. The van der Waals surface area contributed by atoms with Gasteiger partial charge in [0.15, 0.2) is 5.65 Å². The summed E-state index contributed by atoms with van der Waals surface area (Å²) in [4.78, 5) is 19.9. The highest BCUT2D eigenvalue weighted by molar-refractivity contribution is 5.95. The van der Waals surface area contributed by atoms with Gasteiger partial charge in [-0.3, -0.25) is 4.79 Å². The van der Waals surface area contributed by atoms with Gasteiger partial charge in [0.2, 0.25) is 0 Å². The van der Waals surface area contributed by atoms with Gasteiger partial charge in [-0.1, -0.05) is 49.6 Å². The molecule has 0 unspecified atom stereocenters. The first-order chi connectivity index (χ1) is 15.1. The van der Waals surface area contributed by atoms with E-state index in [0.717, 1.165) is 41.1 Å². The molecule has 31 heavy (non-hydrogen) atoms. The number of carbonyl (C=O) groups is 1. The third kappa shape index (κ3) is 4.64. The molecule has 0 radical (unpaired) electrons. The van der Waals surface area contributed by atoms with Gasteiger partial charge in [0.1, 0.15) is 0 Å². The first-order valence-electron chi connectivity index (χ1n) is 11.4. The normalized spacial score (nSPS) is 15.0. The maximum atomic E-state index is 12.8. The van der Waals surface area contributed by atoms with E-state index in [0.29, 0.717) is 18.2 Å². The molecule has 4 rings (SSSR count). The van der Waals surface area contributed by atoms with Crippen LogP contribution in [0.25, 0.3) is 16.8 Å². The standard InChI is InChI=1S/C25H33N5O/c1-18-23(20-11-6-4-7-12-20)24-27-17-22(19(2)30(24)28-18)25(31)26-15-10-16-29(3)21-13-8-5-9-14-21/h4,6-7,11-12,17,21H,5,8-10,13-16H2,1-3H3,(H,26,31). The van der Waals surface area contributed by atoms with Crippen molar-refractivity contribution in [3.63, 3.8) is 0 Å². The molecule has 1 aliphatic rings. The van der Waals surface area contributed by atoms with Crippen molar-refractivity contribution in [2.45, 2.75) is 58.4 Å². The number of nitrogens with one attached hydrogen (secondary N) is 1. The third-order valence-electron chi connectivity index (χ3n) is 6.54. The molecular formula is C25H33N5O. The van der Waals surface area contributed by atoms with Crippen LogP contribution in [0, 0.1) is 13.8 Å². The monoisotopic (exact) mass is 419 g/mol. The van der Waals surface area contributed by atoms with Gasteiger partial charge in [0, 0.05) is 24.3 Å². The van der Waals surface area contributed by atoms with Crippen LogP contribution in [0.3, 0.4) is 0 Å². The summed E-state index contributed by atoms with van der Waals surface area (Å²) in [5.74, 6) is -0.0818. The molecule has 164 valence electrons. The van der Waals surface area contributed by atoms with Gasteiger partial charge in [-0.05, 0) is 52.3 Å². The van der Waals surface area contributed by atoms with Crippen LogP contribution < -0.4 is 5.32 Å². The first-order valence-corrected chi connectivity index (χ1v) is 11.4. The summed E-state index contributed by atoms with van der Waals surface area (Å²) in [5.41, 5.74) is 5.18. The van der Waals surface area contributed by atoms with Gasteiger partial charge in [0.05, 0.1) is 17.0 Å². The smallest absolute Gasteiger partial charge is 0.254 e. The number of hydrogen-bond acceptors (Lipinski definition) is 4. The van der Waals surface area contributed by atoms with Crippen LogP contribution in [-0.4, -0.2) is 51.6 Å². The molecule has 1 saturated carbocycles. The SMILES string of the molecule is Cc1nn2c(C)c(C(=O)NCCCN(C)C3CCCCC3)cnc2c1-c1ccccc1. The van der Waals surface area contributed by atoms with E-state index in [4.69, 9.17) is 0 Å². The van der Waals surface area contributed by atoms with Crippen LogP contribution in [0.5, 0.6) is 0 Å². The number of aromatic nitrogens is 3. The average Bonchev–Trinajstić information content (AvgIpc) is 3.14. The Morgan fingerprint density at radius 2 is 1.90 bits per heavy atom. The van der Waals surface area contributed by atoms with Crippen molar-refractivity contribution in [2.75, 3.05) is 20.1 Å². The van der Waals surface area contributed by atoms with Crippen LogP contribution in [0.4, 0.5) is 0 Å². The molecule has 0 spiro atoms. The zero-order valence-corrected chi connectivity index (χ0v) is 18.9. The highest BCUT2D eigenvalue weighted by atomic mass is 16.1. The van der Waals surface area contributed by atoms with E-state index in [9.17, 15) is 4.79 Å². The second-order valence-electron chi connectivity index (χ2n) is 8.70. The molecule has 1 N–H and O–H groups in total. The van der Waals surface area contributed by atoms with Crippen molar-refractivity contribution in [2.24, 2.45) is 0 Å². The summed E-state index contributed by atoms with van der Waals surface area (Å²) in [6.07, 6.45) is 9.32. The number of aryl methyl sites for hydroxylation is 2. The third-order valence-corrected chi connectivity index (χ3v) is 6.54. The number of amides is 1. The van der Waals surface area contributed by atoms with E-state index >= 15 is 0 Å². The number of hydrogen-bond donors (Lipinski definition) is 1. The second-order valence-corrected chi connectivity index (χ2v) is 8.70. The molecule has 0 saturated heterocycles. The molecule has 0 bridgehead atoms. The van der Waals surface area contributed by atoms with Crippen molar-refractivity contribution in [3.05, 3.63) is 53.5 Å². The lowest BCUT2D eigenvalue weighted by Crippen LogP contribution is -2.36. The van der Waals surface area contributed by atoms with Crippen molar-refractivity contribution in [1.82, 2.24) is 24.8 Å². The molecule has 6 nitrogen and oxygen atoms in total. The maximum Gasteiger partial charge on any atom is 0.254 e. The van der Waals surface area contributed by atoms with Crippen LogP contribution in [0.1, 0.15) is 60.3 Å². The lowest BCUT2D eigenvalue weighted by Gasteiger charge is -2.31. The first kappa shape index (κ1) is 21.5. The van der Waals surface area contributed by atoms with Gasteiger partial charge in [-0.25, -0.2) is 9.50 Å². The number of carbonyl (C=O) groups excluding carboxylic acids is 1. The predicted molar refractivity (Wildman–Crippen MR) is 124 cm³/mol. The molecule has 0 aliphatic heterocycles. The lowest BCUT2D eigenvalue weighted by molar-refractivity contribution is 0.0949. The van der Waals surface area contributed by atoms with Gasteiger partial charge in [0.25, 0.3) is 5.91 Å². The van der Waals surface area contributed by atoms with Crippen LogP contribution in [0.15, 0.2) is 36.5 Å². The fraction of sp³-hybridized carbons (Fsp3) is 0.480. The molecule has 3 aromatic rings. The number of rotatable bonds is 7. The topological polar surface area (TPSA) is 62.5 Å². The minimum absolute atomic E-state index is 0.0818. The minimum atomic E-state index is -0.0818. The van der Waals surface area contributed by atoms with E-state index in [-0.39, 0.29) is 5.91 Å². The Bertz CT molecular complexity index is 1040. The van der Waals surface area contributed by atoms with Gasteiger partial charge < -0.3 is 10.2 Å². The van der Waals surface area contributed by atoms with Crippen molar-refractivity contribution < 1.29 is 4.79 Å². The Morgan fingerprint density at radius 1 is 1.16 bits per heavy atom. The second kappa shape index (κ2) is 9.60. The Morgan fingerprint density at radius 3 is 2.65 bits per heavy atom. The molecule has 1 amide bonds. The highest BCUT2D eigenvalue weighted by Gasteiger charge is 2.19. The highest BCUT2D eigenvalue weighted by Crippen LogP contribution is 2.28. The van der Waals surface area contributed by atoms with Crippen molar-refractivity contribution >= 4 is 11.6 Å². The van der Waals surface area contributed by atoms with E-state index in [2.05, 4.69) is 39.5 Å². The fourth-order valence-electron chi connectivity index (χ4n) is 4.70. The van der Waals surface area contributed by atoms with Crippen molar-refractivity contribution in [3.8, 4) is 11.1 Å². The quantitative estimate of drug-likeness (QED) is 0.577. The Kier molecular flexibility index (Phi) is 6.66. The van der Waals surface area contributed by atoms with E-state index < -0.39 is 0 Å². The molecule has 0 atom stereocenters. The lowest BCUT2D eigenvalue weighted by atomic mass is 9.94. The fourth-order valence-corrected chi connectivity index (χ4v) is 4.70. The van der Waals surface area contributed by atoms with E-state index in [1.165, 1.54) is 32.1 Å². The average molecular weight is 420 g/mol. The molecule has 1 aromatic carbocycles. The zero-order chi connectivity index (χ0) is 21.8. The summed E-state index contributed by atoms with van der Waals surface area (Å²) in [7, 11) is 2.21. The summed E-state index contributed by atoms with van der Waals surface area (Å²) < 4.78 is 1.80. The summed E-state index contributed by atoms with van der Waals surface area (Å²) in [6.45, 7) is 5.60. The summed E-state index contributed by atoms with van der Waals surface area (Å²) in [6, 6.07) is 10.9. The van der Waals surface area contributed by atoms with Crippen LogP contribution in [0.2, 0.25) is 0 Å². The predicted octanol–water partition coefficient (Wildman–Crippen LogP) is 4.40. The molecule has 1 fully saturated rings. The molecule has 6 heteroatoms. The Balaban J connectivity index is 1.41. The van der Waals surface area contributed by atoms with E-state index in [1.807, 2.05) is 32.0 Å². The van der Waals surface area contributed by atoms with Gasteiger partial charge in [-0.15, -0.1) is 0 Å². The molecule has 1 aliphatic carbocycles. The minimum Gasteiger partial charge on any atom is -0.352 e.